The lowest BCUT2D eigenvalue weighted by Gasteiger charge is -2.58. The Morgan fingerprint density at radius 1 is 1.36 bits per heavy atom. The average molecular weight is 348 g/mol. The number of benzene rings is 1. The van der Waals surface area contributed by atoms with Crippen LogP contribution in [0.2, 0.25) is 0 Å². The Labute approximate surface area is 149 Å². The number of halogens is 1. The van der Waals surface area contributed by atoms with E-state index >= 15 is 0 Å². The molecule has 1 amide bonds. The molecule has 0 radical (unpaired) electrons. The molecule has 1 aromatic rings. The molecule has 0 bridgehead atoms. The van der Waals surface area contributed by atoms with Crippen LogP contribution >= 0.6 is 0 Å². The van der Waals surface area contributed by atoms with Gasteiger partial charge in [0.25, 0.3) is 0 Å². The van der Waals surface area contributed by atoms with Crippen molar-refractivity contribution < 1.29 is 13.9 Å². The molecule has 2 aliphatic rings. The quantitative estimate of drug-likeness (QED) is 0.910. The van der Waals surface area contributed by atoms with E-state index in [1.54, 1.807) is 0 Å². The van der Waals surface area contributed by atoms with Gasteiger partial charge in [0.2, 0.25) is 5.91 Å². The first kappa shape index (κ1) is 18.3. The van der Waals surface area contributed by atoms with E-state index in [1.807, 2.05) is 37.8 Å². The molecule has 1 aromatic carbocycles. The van der Waals surface area contributed by atoms with Gasteiger partial charge >= 0.3 is 0 Å². The minimum absolute atomic E-state index is 0.0190. The zero-order chi connectivity index (χ0) is 18.4. The smallest absolute Gasteiger partial charge is 0.243 e. The van der Waals surface area contributed by atoms with Crippen LogP contribution < -0.4 is 5.73 Å². The number of carbonyl (C=O) groups is 1. The van der Waals surface area contributed by atoms with Crippen molar-refractivity contribution in [1.82, 2.24) is 4.90 Å². The van der Waals surface area contributed by atoms with Gasteiger partial charge in [-0.2, -0.15) is 0 Å². The Morgan fingerprint density at radius 3 is 2.56 bits per heavy atom. The van der Waals surface area contributed by atoms with Crippen molar-refractivity contribution in [2.24, 2.45) is 11.1 Å². The zero-order valence-corrected chi connectivity index (χ0v) is 15.6. The molecule has 1 aliphatic carbocycles. The first-order chi connectivity index (χ1) is 11.7. The van der Waals surface area contributed by atoms with Gasteiger partial charge in [-0.25, -0.2) is 4.39 Å². The van der Waals surface area contributed by atoms with Crippen LogP contribution in [0.25, 0.3) is 0 Å². The number of carbonyl (C=O) groups excluding carboxylic acids is 1. The largest absolute Gasteiger partial charge is 0.378 e. The summed E-state index contributed by atoms with van der Waals surface area (Å²) in [4.78, 5) is 15.2. The zero-order valence-electron chi connectivity index (χ0n) is 15.6. The fourth-order valence-corrected chi connectivity index (χ4v) is 4.34. The fraction of sp³-hybridized carbons (Fsp3) is 0.650. The summed E-state index contributed by atoms with van der Waals surface area (Å²) in [6.07, 6.45) is 1.47. The number of amides is 1. The molecular weight excluding hydrogens is 319 g/mol. The van der Waals surface area contributed by atoms with E-state index in [0.717, 1.165) is 12.0 Å². The average Bonchev–Trinajstić information content (AvgIpc) is 2.96. The highest BCUT2D eigenvalue weighted by atomic mass is 19.1. The van der Waals surface area contributed by atoms with Gasteiger partial charge in [0, 0.05) is 36.9 Å². The summed E-state index contributed by atoms with van der Waals surface area (Å²) in [5, 5.41) is 0. The standard InChI is InChI=1S/C20H29FN2O2/c1-5-25-17-11-20(22,19(17,3)4)18(24)23-12-15(10-13(23)2)14-6-8-16(21)9-7-14/h6-9,13,15,17H,5,10-12,22H2,1-4H3. The Bertz CT molecular complexity index is 646. The van der Waals surface area contributed by atoms with E-state index in [2.05, 4.69) is 6.92 Å². The van der Waals surface area contributed by atoms with Crippen LogP contribution in [0.4, 0.5) is 4.39 Å². The first-order valence-corrected chi connectivity index (χ1v) is 9.17. The molecule has 4 atom stereocenters. The van der Waals surface area contributed by atoms with Crippen molar-refractivity contribution >= 4 is 5.91 Å². The number of nitrogens with zero attached hydrogens (tertiary/aromatic N) is 1. The Morgan fingerprint density at radius 2 is 2.00 bits per heavy atom. The van der Waals surface area contributed by atoms with Crippen molar-refractivity contribution in [3.8, 4) is 0 Å². The molecule has 1 aliphatic heterocycles. The van der Waals surface area contributed by atoms with Crippen LogP contribution in [0.5, 0.6) is 0 Å². The second-order valence-corrected chi connectivity index (χ2v) is 8.13. The maximum absolute atomic E-state index is 13.2. The first-order valence-electron chi connectivity index (χ1n) is 9.17. The predicted molar refractivity (Wildman–Crippen MR) is 95.7 cm³/mol. The third kappa shape index (κ3) is 2.87. The summed E-state index contributed by atoms with van der Waals surface area (Å²) >= 11 is 0. The number of hydrogen-bond donors (Lipinski definition) is 1. The highest BCUT2D eigenvalue weighted by Crippen LogP contribution is 2.51. The third-order valence-corrected chi connectivity index (χ3v) is 6.39. The molecule has 0 spiro atoms. The molecule has 3 rings (SSSR count). The SMILES string of the molecule is CCOC1CC(N)(C(=O)N2CC(c3ccc(F)cc3)CC2C)C1(C)C. The van der Waals surface area contributed by atoms with Crippen molar-refractivity contribution in [2.45, 2.75) is 64.1 Å². The summed E-state index contributed by atoms with van der Waals surface area (Å²) in [5.74, 6) is 0.0152. The van der Waals surface area contributed by atoms with Crippen LogP contribution in [0.15, 0.2) is 24.3 Å². The lowest BCUT2D eigenvalue weighted by molar-refractivity contribution is -0.179. The Kier molecular flexibility index (Phi) is 4.67. The highest BCUT2D eigenvalue weighted by Gasteiger charge is 2.64. The number of hydrogen-bond acceptors (Lipinski definition) is 3. The minimum Gasteiger partial charge on any atom is -0.378 e. The highest BCUT2D eigenvalue weighted by molar-refractivity contribution is 5.89. The normalized spacial score (nSPS) is 34.0. The van der Waals surface area contributed by atoms with Gasteiger partial charge in [0.15, 0.2) is 0 Å². The van der Waals surface area contributed by atoms with Crippen LogP contribution in [0.3, 0.4) is 0 Å². The lowest BCUT2D eigenvalue weighted by Crippen LogP contribution is -2.76. The lowest BCUT2D eigenvalue weighted by atomic mass is 9.54. The Hall–Kier alpha value is -1.46. The predicted octanol–water partition coefficient (Wildman–Crippen LogP) is 3.06. The van der Waals surface area contributed by atoms with Gasteiger partial charge in [-0.1, -0.05) is 26.0 Å². The summed E-state index contributed by atoms with van der Waals surface area (Å²) in [7, 11) is 0. The summed E-state index contributed by atoms with van der Waals surface area (Å²) in [6, 6.07) is 6.73. The number of ether oxygens (including phenoxy) is 1. The molecule has 1 heterocycles. The number of likely N-dealkylation sites (tertiary alicyclic amines) is 1. The van der Waals surface area contributed by atoms with E-state index in [1.165, 1.54) is 12.1 Å². The van der Waals surface area contributed by atoms with E-state index in [4.69, 9.17) is 10.5 Å². The second kappa shape index (κ2) is 6.36. The van der Waals surface area contributed by atoms with E-state index in [-0.39, 0.29) is 35.2 Å². The van der Waals surface area contributed by atoms with Gasteiger partial charge in [0.1, 0.15) is 11.4 Å². The molecule has 2 N–H and O–H groups in total. The number of nitrogens with two attached hydrogens (primary N) is 1. The summed E-state index contributed by atoms with van der Waals surface area (Å²) < 4.78 is 18.9. The van der Waals surface area contributed by atoms with Crippen molar-refractivity contribution in [3.05, 3.63) is 35.6 Å². The molecule has 138 valence electrons. The van der Waals surface area contributed by atoms with Gasteiger partial charge in [-0.15, -0.1) is 0 Å². The monoisotopic (exact) mass is 348 g/mol. The fourth-order valence-electron chi connectivity index (χ4n) is 4.34. The molecule has 1 saturated carbocycles. The Balaban J connectivity index is 1.74. The van der Waals surface area contributed by atoms with E-state index < -0.39 is 5.54 Å². The van der Waals surface area contributed by atoms with Crippen LogP contribution in [0, 0.1) is 11.2 Å². The van der Waals surface area contributed by atoms with Crippen molar-refractivity contribution in [3.63, 3.8) is 0 Å². The van der Waals surface area contributed by atoms with E-state index in [0.29, 0.717) is 19.6 Å². The second-order valence-electron chi connectivity index (χ2n) is 8.13. The van der Waals surface area contributed by atoms with Gasteiger partial charge in [-0.05, 0) is 38.0 Å². The third-order valence-electron chi connectivity index (χ3n) is 6.39. The van der Waals surface area contributed by atoms with Crippen molar-refractivity contribution in [1.29, 1.82) is 0 Å². The van der Waals surface area contributed by atoms with Gasteiger partial charge in [0.05, 0.1) is 6.10 Å². The van der Waals surface area contributed by atoms with Crippen molar-refractivity contribution in [2.75, 3.05) is 13.2 Å². The van der Waals surface area contributed by atoms with Gasteiger partial charge in [-0.3, -0.25) is 4.79 Å². The maximum Gasteiger partial charge on any atom is 0.243 e. The molecule has 25 heavy (non-hydrogen) atoms. The maximum atomic E-state index is 13.2. The van der Waals surface area contributed by atoms with Gasteiger partial charge < -0.3 is 15.4 Å². The molecule has 1 saturated heterocycles. The van der Waals surface area contributed by atoms with E-state index in [9.17, 15) is 9.18 Å². The summed E-state index contributed by atoms with van der Waals surface area (Å²) in [5.41, 5.74) is 6.39. The minimum atomic E-state index is -0.876. The van der Waals surface area contributed by atoms with Crippen LogP contribution in [-0.2, 0) is 9.53 Å². The number of rotatable bonds is 4. The summed E-state index contributed by atoms with van der Waals surface area (Å²) in [6.45, 7) is 9.34. The topological polar surface area (TPSA) is 55.6 Å². The molecular formula is C20H29FN2O2. The molecule has 4 unspecified atom stereocenters. The molecule has 4 nitrogen and oxygen atoms in total. The molecule has 2 fully saturated rings. The van der Waals surface area contributed by atoms with Crippen LogP contribution in [-0.4, -0.2) is 41.6 Å². The molecule has 5 heteroatoms. The molecule has 0 aromatic heterocycles. The van der Waals surface area contributed by atoms with Crippen LogP contribution in [0.1, 0.15) is 52.0 Å².